The molecule has 3 rings (SSSR count). The molecule has 0 aromatic heterocycles. The summed E-state index contributed by atoms with van der Waals surface area (Å²) in [4.78, 5) is 14.9. The van der Waals surface area contributed by atoms with E-state index in [9.17, 15) is 4.79 Å². The fourth-order valence-corrected chi connectivity index (χ4v) is 3.77. The third-order valence-electron chi connectivity index (χ3n) is 5.26. The Hall–Kier alpha value is -1.10. The fraction of sp³-hybridized carbons (Fsp3) is 0.632. The Morgan fingerprint density at radius 1 is 1.29 bits per heavy atom. The maximum Gasteiger partial charge on any atom is 0.237 e. The summed E-state index contributed by atoms with van der Waals surface area (Å²) in [6, 6.07) is 10.9. The van der Waals surface area contributed by atoms with Crippen LogP contribution in [0.4, 0.5) is 0 Å². The van der Waals surface area contributed by atoms with Crippen molar-refractivity contribution in [2.24, 2.45) is 5.92 Å². The Labute approximate surface area is 151 Å². The van der Waals surface area contributed by atoms with Crippen LogP contribution in [0.15, 0.2) is 30.3 Å². The summed E-state index contributed by atoms with van der Waals surface area (Å²) >= 11 is 0. The van der Waals surface area contributed by atoms with Gasteiger partial charge in [0.1, 0.15) is 0 Å². The largest absolute Gasteiger partial charge is 0.352 e. The van der Waals surface area contributed by atoms with Crippen LogP contribution < -0.4 is 10.6 Å². The van der Waals surface area contributed by atoms with E-state index in [0.29, 0.717) is 5.92 Å². The normalized spacial score (nSPS) is 25.7. The average molecular weight is 352 g/mol. The van der Waals surface area contributed by atoms with Crippen molar-refractivity contribution in [2.45, 2.75) is 51.2 Å². The van der Waals surface area contributed by atoms with Crippen LogP contribution in [0.3, 0.4) is 0 Å². The molecule has 24 heavy (non-hydrogen) atoms. The van der Waals surface area contributed by atoms with Crippen molar-refractivity contribution in [1.82, 2.24) is 15.5 Å². The van der Waals surface area contributed by atoms with Gasteiger partial charge in [0.2, 0.25) is 5.91 Å². The SMILES string of the molecule is CC(NC(=O)C1CCCCN1)C1CCN(Cc2ccccc2)C1.Cl. The minimum atomic E-state index is 0. The van der Waals surface area contributed by atoms with Crippen molar-refractivity contribution in [3.8, 4) is 0 Å². The van der Waals surface area contributed by atoms with E-state index in [4.69, 9.17) is 0 Å². The van der Waals surface area contributed by atoms with Crippen LogP contribution in [-0.4, -0.2) is 42.5 Å². The summed E-state index contributed by atoms with van der Waals surface area (Å²) in [5, 5.41) is 6.58. The molecule has 2 fully saturated rings. The number of piperidine rings is 1. The number of nitrogens with zero attached hydrogens (tertiary/aromatic N) is 1. The van der Waals surface area contributed by atoms with Crippen molar-refractivity contribution in [3.63, 3.8) is 0 Å². The van der Waals surface area contributed by atoms with E-state index in [1.54, 1.807) is 0 Å². The molecular formula is C19H30ClN3O. The van der Waals surface area contributed by atoms with Crippen molar-refractivity contribution >= 4 is 18.3 Å². The van der Waals surface area contributed by atoms with Crippen LogP contribution in [0.2, 0.25) is 0 Å². The lowest BCUT2D eigenvalue weighted by Crippen LogP contribution is -2.50. The third kappa shape index (κ3) is 5.20. The first-order valence-corrected chi connectivity index (χ1v) is 9.02. The topological polar surface area (TPSA) is 44.4 Å². The zero-order chi connectivity index (χ0) is 16.1. The third-order valence-corrected chi connectivity index (χ3v) is 5.26. The number of hydrogen-bond donors (Lipinski definition) is 2. The highest BCUT2D eigenvalue weighted by Gasteiger charge is 2.29. The van der Waals surface area contributed by atoms with Crippen LogP contribution in [-0.2, 0) is 11.3 Å². The van der Waals surface area contributed by atoms with E-state index in [-0.39, 0.29) is 30.4 Å². The van der Waals surface area contributed by atoms with Crippen LogP contribution >= 0.6 is 12.4 Å². The molecule has 4 nitrogen and oxygen atoms in total. The minimum absolute atomic E-state index is 0. The smallest absolute Gasteiger partial charge is 0.237 e. The van der Waals surface area contributed by atoms with Crippen LogP contribution in [0.1, 0.15) is 38.2 Å². The highest BCUT2D eigenvalue weighted by Crippen LogP contribution is 2.22. The Kier molecular flexibility index (Phi) is 7.53. The lowest BCUT2D eigenvalue weighted by molar-refractivity contribution is -0.124. The second-order valence-electron chi connectivity index (χ2n) is 7.07. The lowest BCUT2D eigenvalue weighted by atomic mass is 9.99. The summed E-state index contributed by atoms with van der Waals surface area (Å²) in [6.07, 6.45) is 4.50. The summed E-state index contributed by atoms with van der Waals surface area (Å²) in [5.41, 5.74) is 1.37. The van der Waals surface area contributed by atoms with Crippen molar-refractivity contribution in [2.75, 3.05) is 19.6 Å². The number of carbonyl (C=O) groups excluding carboxylic acids is 1. The van der Waals surface area contributed by atoms with E-state index in [0.717, 1.165) is 39.0 Å². The molecule has 3 atom stereocenters. The maximum atomic E-state index is 12.4. The maximum absolute atomic E-state index is 12.4. The number of hydrogen-bond acceptors (Lipinski definition) is 3. The van der Waals surface area contributed by atoms with Gasteiger partial charge < -0.3 is 10.6 Å². The standard InChI is InChI=1S/C19H29N3O.ClH/c1-15(21-19(23)18-9-5-6-11-20-18)17-10-12-22(14-17)13-16-7-3-2-4-8-16;/h2-4,7-8,15,17-18,20H,5-6,9-14H2,1H3,(H,21,23);1H. The highest BCUT2D eigenvalue weighted by molar-refractivity contribution is 5.85. The summed E-state index contributed by atoms with van der Waals surface area (Å²) in [6.45, 7) is 6.36. The van der Waals surface area contributed by atoms with Gasteiger partial charge in [-0.2, -0.15) is 0 Å². The van der Waals surface area contributed by atoms with Gasteiger partial charge in [-0.3, -0.25) is 9.69 Å². The van der Waals surface area contributed by atoms with E-state index < -0.39 is 0 Å². The average Bonchev–Trinajstić information content (AvgIpc) is 3.05. The molecule has 0 radical (unpaired) electrons. The summed E-state index contributed by atoms with van der Waals surface area (Å²) in [7, 11) is 0. The Morgan fingerprint density at radius 3 is 2.79 bits per heavy atom. The van der Waals surface area contributed by atoms with Gasteiger partial charge in [-0.1, -0.05) is 36.8 Å². The first-order chi connectivity index (χ1) is 11.2. The lowest BCUT2D eigenvalue weighted by Gasteiger charge is -2.27. The molecule has 0 saturated carbocycles. The number of benzene rings is 1. The fourth-order valence-electron chi connectivity index (χ4n) is 3.77. The molecule has 2 heterocycles. The molecule has 5 heteroatoms. The van der Waals surface area contributed by atoms with Crippen molar-refractivity contribution in [1.29, 1.82) is 0 Å². The van der Waals surface area contributed by atoms with Gasteiger partial charge >= 0.3 is 0 Å². The summed E-state index contributed by atoms with van der Waals surface area (Å²) < 4.78 is 0. The van der Waals surface area contributed by atoms with Crippen LogP contribution in [0.5, 0.6) is 0 Å². The number of carbonyl (C=O) groups is 1. The van der Waals surface area contributed by atoms with Gasteiger partial charge in [-0.25, -0.2) is 0 Å². The first-order valence-electron chi connectivity index (χ1n) is 9.02. The Bertz CT molecular complexity index is 505. The van der Waals surface area contributed by atoms with Gasteiger partial charge in [0, 0.05) is 19.1 Å². The zero-order valence-electron chi connectivity index (χ0n) is 14.5. The second-order valence-corrected chi connectivity index (χ2v) is 7.07. The quantitative estimate of drug-likeness (QED) is 0.857. The highest BCUT2D eigenvalue weighted by atomic mass is 35.5. The number of likely N-dealkylation sites (tertiary alicyclic amines) is 1. The van der Waals surface area contributed by atoms with E-state index >= 15 is 0 Å². The number of rotatable bonds is 5. The van der Waals surface area contributed by atoms with Crippen molar-refractivity contribution < 1.29 is 4.79 Å². The number of amides is 1. The molecule has 2 N–H and O–H groups in total. The molecule has 3 unspecified atom stereocenters. The molecule has 0 bridgehead atoms. The Balaban J connectivity index is 0.00000208. The van der Waals surface area contributed by atoms with Gasteiger partial charge in [0.05, 0.1) is 6.04 Å². The molecular weight excluding hydrogens is 322 g/mol. The van der Waals surface area contributed by atoms with Crippen molar-refractivity contribution in [3.05, 3.63) is 35.9 Å². The van der Waals surface area contributed by atoms with E-state index in [1.165, 1.54) is 18.4 Å². The molecule has 1 amide bonds. The molecule has 2 aliphatic heterocycles. The molecule has 1 aromatic rings. The summed E-state index contributed by atoms with van der Waals surface area (Å²) in [5.74, 6) is 0.755. The van der Waals surface area contributed by atoms with Gasteiger partial charge in [-0.15, -0.1) is 12.4 Å². The molecule has 134 valence electrons. The molecule has 2 aliphatic rings. The number of halogens is 1. The molecule has 0 aliphatic carbocycles. The second kappa shape index (κ2) is 9.40. The van der Waals surface area contributed by atoms with Gasteiger partial charge in [0.25, 0.3) is 0 Å². The predicted molar refractivity (Wildman–Crippen MR) is 100 cm³/mol. The van der Waals surface area contributed by atoms with Crippen LogP contribution in [0.25, 0.3) is 0 Å². The molecule has 2 saturated heterocycles. The predicted octanol–water partition coefficient (Wildman–Crippen LogP) is 2.58. The molecule has 0 spiro atoms. The number of nitrogens with one attached hydrogen (secondary N) is 2. The molecule has 1 aromatic carbocycles. The van der Waals surface area contributed by atoms with E-state index in [1.807, 2.05) is 0 Å². The Morgan fingerprint density at radius 2 is 2.08 bits per heavy atom. The van der Waals surface area contributed by atoms with E-state index in [2.05, 4.69) is 52.8 Å². The monoisotopic (exact) mass is 351 g/mol. The van der Waals surface area contributed by atoms with Gasteiger partial charge in [-0.05, 0) is 50.8 Å². The van der Waals surface area contributed by atoms with Crippen LogP contribution in [0, 0.1) is 5.92 Å². The first kappa shape index (κ1) is 19.2. The zero-order valence-corrected chi connectivity index (χ0v) is 15.4. The van der Waals surface area contributed by atoms with Gasteiger partial charge in [0.15, 0.2) is 0 Å². The minimum Gasteiger partial charge on any atom is -0.352 e.